The molecule has 0 N–H and O–H groups in total. The predicted molar refractivity (Wildman–Crippen MR) is 44.3 cm³/mol. The Morgan fingerprint density at radius 2 is 1.45 bits per heavy atom. The Bertz CT molecular complexity index is 275. The van der Waals surface area contributed by atoms with Crippen molar-refractivity contribution in [2.45, 2.75) is 6.92 Å². The molecule has 0 amide bonds. The fourth-order valence-electron chi connectivity index (χ4n) is 0.590. The van der Waals surface area contributed by atoms with Crippen molar-refractivity contribution in [3.63, 3.8) is 0 Å². The monoisotopic (exact) mass is 285 g/mol. The largest absolute Gasteiger partial charge is 0.228 e. The average Bonchev–Trinajstić information content (AvgIpc) is 1.97. The summed E-state index contributed by atoms with van der Waals surface area (Å²) < 4.78 is 25.6. The van der Waals surface area contributed by atoms with Gasteiger partial charge in [0.2, 0.25) is 0 Å². The van der Waals surface area contributed by atoms with E-state index in [-0.39, 0.29) is 14.8 Å². The van der Waals surface area contributed by atoms with Crippen molar-refractivity contribution in [2.75, 3.05) is 0 Å². The molecule has 0 radical (unpaired) electrons. The zero-order chi connectivity index (χ0) is 8.59. The highest BCUT2D eigenvalue weighted by Gasteiger charge is 2.13. The molecule has 1 aromatic heterocycles. The number of rotatable bonds is 0. The van der Waals surface area contributed by atoms with Gasteiger partial charge in [-0.2, -0.15) is 0 Å². The minimum Gasteiger partial charge on any atom is -0.228 e. The van der Waals surface area contributed by atoms with Gasteiger partial charge in [-0.25, -0.2) is 13.8 Å². The number of halogens is 4. The molecule has 0 aliphatic heterocycles. The number of hydrogen-bond donors (Lipinski definition) is 0. The second-order valence-corrected chi connectivity index (χ2v) is 3.45. The van der Waals surface area contributed by atoms with E-state index in [9.17, 15) is 8.78 Å². The molecule has 1 rings (SSSR count). The van der Waals surface area contributed by atoms with Gasteiger partial charge >= 0.3 is 0 Å². The maximum absolute atomic E-state index is 12.8. The molecule has 0 unspecified atom stereocenters. The van der Waals surface area contributed by atoms with Gasteiger partial charge in [0.1, 0.15) is 9.21 Å². The molecule has 0 bridgehead atoms. The van der Waals surface area contributed by atoms with Crippen molar-refractivity contribution in [3.05, 3.63) is 26.4 Å². The number of nitrogens with zero attached hydrogens (tertiary/aromatic N) is 1. The first kappa shape index (κ1) is 9.06. The molecule has 5 heteroatoms. The van der Waals surface area contributed by atoms with Crippen LogP contribution >= 0.6 is 31.9 Å². The predicted octanol–water partition coefficient (Wildman–Crippen LogP) is 3.19. The standard InChI is InChI=1S/C6H3Br2F2N/c1-2-3(9)5(7)11-6(8)4(2)10/h1H3. The summed E-state index contributed by atoms with van der Waals surface area (Å²) in [6.07, 6.45) is 0. The lowest BCUT2D eigenvalue weighted by molar-refractivity contribution is 0.546. The van der Waals surface area contributed by atoms with E-state index in [4.69, 9.17) is 0 Å². The highest BCUT2D eigenvalue weighted by molar-refractivity contribution is 9.11. The van der Waals surface area contributed by atoms with Crippen LogP contribution in [0.2, 0.25) is 0 Å². The smallest absolute Gasteiger partial charge is 0.161 e. The molecule has 0 aliphatic carbocycles. The van der Waals surface area contributed by atoms with E-state index >= 15 is 0 Å². The second kappa shape index (κ2) is 3.15. The van der Waals surface area contributed by atoms with Crippen molar-refractivity contribution in [2.24, 2.45) is 0 Å². The normalized spacial score (nSPS) is 10.3. The van der Waals surface area contributed by atoms with Crippen molar-refractivity contribution < 1.29 is 8.78 Å². The molecule has 0 aromatic carbocycles. The molecule has 0 aliphatic rings. The summed E-state index contributed by atoms with van der Waals surface area (Å²) >= 11 is 5.70. The van der Waals surface area contributed by atoms with E-state index in [1.54, 1.807) is 0 Å². The maximum atomic E-state index is 12.8. The van der Waals surface area contributed by atoms with Gasteiger partial charge in [0.05, 0.1) is 0 Å². The van der Waals surface area contributed by atoms with Gasteiger partial charge in [0.15, 0.2) is 11.6 Å². The van der Waals surface area contributed by atoms with Crippen LogP contribution in [0.25, 0.3) is 0 Å². The minimum atomic E-state index is -0.661. The van der Waals surface area contributed by atoms with E-state index in [0.717, 1.165) is 0 Å². The van der Waals surface area contributed by atoms with Gasteiger partial charge in [0.25, 0.3) is 0 Å². The molecular weight excluding hydrogens is 284 g/mol. The quantitative estimate of drug-likeness (QED) is 0.668. The summed E-state index contributed by atoms with van der Waals surface area (Å²) in [4.78, 5) is 3.52. The molecule has 0 atom stereocenters. The van der Waals surface area contributed by atoms with Crippen LogP contribution in [0.5, 0.6) is 0 Å². The Morgan fingerprint density at radius 3 is 1.82 bits per heavy atom. The topological polar surface area (TPSA) is 12.9 Å². The summed E-state index contributed by atoms with van der Waals surface area (Å²) in [7, 11) is 0. The maximum Gasteiger partial charge on any atom is 0.161 e. The van der Waals surface area contributed by atoms with Crippen LogP contribution < -0.4 is 0 Å². The number of aromatic nitrogens is 1. The highest BCUT2D eigenvalue weighted by Crippen LogP contribution is 2.23. The van der Waals surface area contributed by atoms with Gasteiger partial charge < -0.3 is 0 Å². The van der Waals surface area contributed by atoms with E-state index in [1.165, 1.54) is 6.92 Å². The summed E-state index contributed by atoms with van der Waals surface area (Å²) in [5.41, 5.74) is -0.0428. The highest BCUT2D eigenvalue weighted by atomic mass is 79.9. The lowest BCUT2D eigenvalue weighted by atomic mass is 10.3. The van der Waals surface area contributed by atoms with Crippen LogP contribution in [0.4, 0.5) is 8.78 Å². The van der Waals surface area contributed by atoms with Gasteiger partial charge in [-0.1, -0.05) is 0 Å². The Labute approximate surface area is 79.1 Å². The molecule has 0 spiro atoms. The van der Waals surface area contributed by atoms with Crippen LogP contribution in [0.3, 0.4) is 0 Å². The van der Waals surface area contributed by atoms with Gasteiger partial charge in [-0.05, 0) is 38.8 Å². The van der Waals surface area contributed by atoms with Crippen LogP contribution in [0.1, 0.15) is 5.56 Å². The third-order valence-corrected chi connectivity index (χ3v) is 2.27. The lowest BCUT2D eigenvalue weighted by Gasteiger charge is -2.01. The van der Waals surface area contributed by atoms with Crippen LogP contribution in [0, 0.1) is 18.6 Å². The summed E-state index contributed by atoms with van der Waals surface area (Å²) in [5.74, 6) is -1.32. The minimum absolute atomic E-state index is 0.0169. The summed E-state index contributed by atoms with van der Waals surface area (Å²) in [5, 5.41) is 0. The summed E-state index contributed by atoms with van der Waals surface area (Å²) in [6.45, 7) is 1.35. The molecular formula is C6H3Br2F2N. The van der Waals surface area contributed by atoms with Gasteiger partial charge in [-0.15, -0.1) is 0 Å². The van der Waals surface area contributed by atoms with Crippen molar-refractivity contribution in [3.8, 4) is 0 Å². The third-order valence-electron chi connectivity index (χ3n) is 1.22. The van der Waals surface area contributed by atoms with E-state index < -0.39 is 11.6 Å². The molecule has 11 heavy (non-hydrogen) atoms. The summed E-state index contributed by atoms with van der Waals surface area (Å²) in [6, 6.07) is 0. The van der Waals surface area contributed by atoms with E-state index in [2.05, 4.69) is 36.8 Å². The first-order chi connectivity index (χ1) is 5.04. The average molecular weight is 287 g/mol. The van der Waals surface area contributed by atoms with Gasteiger partial charge in [-0.3, -0.25) is 0 Å². The Hall–Kier alpha value is -0.0300. The first-order valence-electron chi connectivity index (χ1n) is 2.70. The Balaban J connectivity index is 3.46. The molecule has 0 fully saturated rings. The third kappa shape index (κ3) is 1.59. The Morgan fingerprint density at radius 1 is 1.09 bits per heavy atom. The fourth-order valence-corrected chi connectivity index (χ4v) is 1.78. The SMILES string of the molecule is Cc1c(F)c(Br)nc(Br)c1F. The van der Waals surface area contributed by atoms with E-state index in [0.29, 0.717) is 0 Å². The molecule has 1 aromatic rings. The molecule has 0 saturated carbocycles. The van der Waals surface area contributed by atoms with Crippen LogP contribution in [0.15, 0.2) is 9.21 Å². The molecule has 1 nitrogen and oxygen atoms in total. The molecule has 0 saturated heterocycles. The van der Waals surface area contributed by atoms with Crippen molar-refractivity contribution in [1.82, 2.24) is 4.98 Å². The molecule has 60 valence electrons. The van der Waals surface area contributed by atoms with E-state index in [1.807, 2.05) is 0 Å². The number of pyridine rings is 1. The molecule has 1 heterocycles. The van der Waals surface area contributed by atoms with Crippen LogP contribution in [-0.4, -0.2) is 4.98 Å². The van der Waals surface area contributed by atoms with Gasteiger partial charge in [0, 0.05) is 5.56 Å². The van der Waals surface area contributed by atoms with Crippen molar-refractivity contribution >= 4 is 31.9 Å². The lowest BCUT2D eigenvalue weighted by Crippen LogP contribution is -1.95. The van der Waals surface area contributed by atoms with Crippen molar-refractivity contribution in [1.29, 1.82) is 0 Å². The number of hydrogen-bond acceptors (Lipinski definition) is 1. The second-order valence-electron chi connectivity index (χ2n) is 1.95. The zero-order valence-corrected chi connectivity index (χ0v) is 8.63. The first-order valence-corrected chi connectivity index (χ1v) is 4.29. The van der Waals surface area contributed by atoms with Crippen LogP contribution in [-0.2, 0) is 0 Å². The zero-order valence-electron chi connectivity index (χ0n) is 5.46. The fraction of sp³-hybridized carbons (Fsp3) is 0.167. The Kier molecular flexibility index (Phi) is 2.59.